The molecule has 0 radical (unpaired) electrons. The van der Waals surface area contributed by atoms with E-state index in [1.54, 1.807) is 0 Å². The molecule has 0 spiro atoms. The van der Waals surface area contributed by atoms with E-state index >= 15 is 0 Å². The normalized spacial score (nSPS) is 13.2. The van der Waals surface area contributed by atoms with E-state index in [0.717, 1.165) is 12.3 Å². The quantitative estimate of drug-likeness (QED) is 0.237. The summed E-state index contributed by atoms with van der Waals surface area (Å²) in [7, 11) is -0.469. The van der Waals surface area contributed by atoms with Gasteiger partial charge in [0.1, 0.15) is 0 Å². The Bertz CT molecular complexity index is 964. The maximum absolute atomic E-state index is 2.79. The molecule has 0 aromatic heterocycles. The van der Waals surface area contributed by atoms with Crippen LogP contribution < -0.4 is 0 Å². The number of hydrogen-bond donors (Lipinski definition) is 0. The first-order valence-corrected chi connectivity index (χ1v) is 13.1. The first-order chi connectivity index (χ1) is 15.7. The summed E-state index contributed by atoms with van der Waals surface area (Å²) in [4.78, 5) is 0. The molecule has 0 aliphatic heterocycles. The Balaban J connectivity index is 1.75. The van der Waals surface area contributed by atoms with E-state index in [9.17, 15) is 0 Å². The van der Waals surface area contributed by atoms with E-state index in [4.69, 9.17) is 0 Å². The first-order valence-electron chi connectivity index (χ1n) is 11.4. The minimum absolute atomic E-state index is 0.324. The van der Waals surface area contributed by atoms with Gasteiger partial charge in [0, 0.05) is 24.4 Å². The first kappa shape index (κ1) is 22.5. The average Bonchev–Trinajstić information content (AvgIpc) is 2.86. The highest BCUT2D eigenvalue weighted by atomic mass is 31.1. The van der Waals surface area contributed by atoms with Gasteiger partial charge in [0.25, 0.3) is 0 Å². The lowest BCUT2D eigenvalue weighted by atomic mass is 10.0. The largest absolute Gasteiger partial charge is 0.267 e. The fraction of sp³-hybridized carbons (Fsp3) is 0.200. The van der Waals surface area contributed by atoms with Gasteiger partial charge in [0.15, 0.2) is 0 Å². The molecule has 32 heavy (non-hydrogen) atoms. The average molecular weight is 438 g/mol. The smallest absolute Gasteiger partial charge is 0.0363 e. The van der Waals surface area contributed by atoms with Gasteiger partial charge in [-0.15, -0.1) is 0 Å². The van der Waals surface area contributed by atoms with Crippen LogP contribution in [0.1, 0.15) is 48.2 Å². The van der Waals surface area contributed by atoms with Crippen molar-refractivity contribution in [3.05, 3.63) is 144 Å². The van der Waals surface area contributed by atoms with Crippen molar-refractivity contribution in [3.63, 3.8) is 0 Å². The van der Waals surface area contributed by atoms with Crippen LogP contribution in [0.25, 0.3) is 0 Å². The maximum atomic E-state index is 2.79. The van der Waals surface area contributed by atoms with Crippen molar-refractivity contribution >= 4 is 8.07 Å². The molecular formula is C30H32NP. The van der Waals surface area contributed by atoms with Crippen LogP contribution in [0.5, 0.6) is 0 Å². The molecule has 4 aromatic rings. The second-order valence-electron chi connectivity index (χ2n) is 8.35. The lowest BCUT2D eigenvalue weighted by Gasteiger charge is -2.42. The van der Waals surface area contributed by atoms with Crippen molar-refractivity contribution in [2.45, 2.75) is 38.3 Å². The molecule has 2 heteroatoms. The highest BCUT2D eigenvalue weighted by Crippen LogP contribution is 2.55. The van der Waals surface area contributed by atoms with Crippen LogP contribution in [-0.2, 0) is 12.3 Å². The summed E-state index contributed by atoms with van der Waals surface area (Å²) in [6.45, 7) is 4.75. The fourth-order valence-electron chi connectivity index (χ4n) is 4.40. The molecule has 0 saturated heterocycles. The minimum Gasteiger partial charge on any atom is -0.267 e. The lowest BCUT2D eigenvalue weighted by molar-refractivity contribution is 0.297. The van der Waals surface area contributed by atoms with Crippen molar-refractivity contribution in [2.24, 2.45) is 0 Å². The standard InChI is InChI=1S/C30H32NP/c1-25(29-19-11-5-12-20-29)31(26(2)30-21-13-6-14-22-30)32(23-27-15-7-3-8-16-27)24-28-17-9-4-10-18-28/h3-22,25-26H,23-24H2,1-2H3/t25-,26-/m0/s1. The van der Waals surface area contributed by atoms with Crippen molar-refractivity contribution < 1.29 is 0 Å². The van der Waals surface area contributed by atoms with Crippen molar-refractivity contribution in [3.8, 4) is 0 Å². The van der Waals surface area contributed by atoms with Gasteiger partial charge in [-0.2, -0.15) is 0 Å². The Morgan fingerprint density at radius 1 is 0.500 bits per heavy atom. The van der Waals surface area contributed by atoms with Crippen molar-refractivity contribution in [2.75, 3.05) is 0 Å². The molecule has 4 aromatic carbocycles. The van der Waals surface area contributed by atoms with Gasteiger partial charge in [-0.05, 0) is 44.2 Å². The van der Waals surface area contributed by atoms with Crippen LogP contribution in [0.15, 0.2) is 121 Å². The summed E-state index contributed by atoms with van der Waals surface area (Å²) >= 11 is 0. The summed E-state index contributed by atoms with van der Waals surface area (Å²) in [5.41, 5.74) is 5.59. The molecule has 2 atom stereocenters. The summed E-state index contributed by atoms with van der Waals surface area (Å²) < 4.78 is 2.79. The number of benzene rings is 4. The van der Waals surface area contributed by atoms with Gasteiger partial charge in [-0.3, -0.25) is 4.67 Å². The molecule has 0 bridgehead atoms. The van der Waals surface area contributed by atoms with Crippen molar-refractivity contribution in [1.29, 1.82) is 0 Å². The predicted octanol–water partition coefficient (Wildman–Crippen LogP) is 8.61. The van der Waals surface area contributed by atoms with E-state index in [1.807, 2.05) is 0 Å². The van der Waals surface area contributed by atoms with Crippen molar-refractivity contribution in [1.82, 2.24) is 4.67 Å². The molecule has 0 heterocycles. The lowest BCUT2D eigenvalue weighted by Crippen LogP contribution is -2.27. The molecule has 0 N–H and O–H groups in total. The van der Waals surface area contributed by atoms with E-state index in [-0.39, 0.29) is 0 Å². The second kappa shape index (κ2) is 11.2. The Morgan fingerprint density at radius 2 is 0.812 bits per heavy atom. The maximum Gasteiger partial charge on any atom is 0.0363 e. The van der Waals surface area contributed by atoms with Crippen LogP contribution in [-0.4, -0.2) is 4.67 Å². The third kappa shape index (κ3) is 5.74. The number of nitrogens with zero attached hydrogens (tertiary/aromatic N) is 1. The van der Waals surface area contributed by atoms with Crippen LogP contribution in [0.4, 0.5) is 0 Å². The van der Waals surface area contributed by atoms with E-state index < -0.39 is 8.07 Å². The highest BCUT2D eigenvalue weighted by Gasteiger charge is 2.30. The van der Waals surface area contributed by atoms with Gasteiger partial charge >= 0.3 is 0 Å². The fourth-order valence-corrected chi connectivity index (χ4v) is 7.35. The molecule has 1 nitrogen and oxygen atoms in total. The molecule has 0 fully saturated rings. The van der Waals surface area contributed by atoms with E-state index in [0.29, 0.717) is 12.1 Å². The molecule has 4 rings (SSSR count). The summed E-state index contributed by atoms with van der Waals surface area (Å²) in [6, 6.07) is 44.6. The molecule has 0 unspecified atom stereocenters. The van der Waals surface area contributed by atoms with Crippen LogP contribution in [0.2, 0.25) is 0 Å². The topological polar surface area (TPSA) is 3.24 Å². The van der Waals surface area contributed by atoms with E-state index in [1.165, 1.54) is 22.3 Å². The Hall–Kier alpha value is -2.73. The monoisotopic (exact) mass is 437 g/mol. The summed E-state index contributed by atoms with van der Waals surface area (Å²) in [5, 5.41) is 0. The summed E-state index contributed by atoms with van der Waals surface area (Å²) in [6.07, 6.45) is 2.17. The third-order valence-corrected chi connectivity index (χ3v) is 8.91. The Labute approximate surface area is 194 Å². The van der Waals surface area contributed by atoms with Crippen LogP contribution in [0.3, 0.4) is 0 Å². The highest BCUT2D eigenvalue weighted by molar-refractivity contribution is 7.53. The third-order valence-electron chi connectivity index (χ3n) is 6.10. The summed E-state index contributed by atoms with van der Waals surface area (Å²) in [5.74, 6) is 0. The molecule has 0 amide bonds. The predicted molar refractivity (Wildman–Crippen MR) is 139 cm³/mol. The Morgan fingerprint density at radius 3 is 1.16 bits per heavy atom. The van der Waals surface area contributed by atoms with Gasteiger partial charge in [-0.25, -0.2) is 0 Å². The van der Waals surface area contributed by atoms with Gasteiger partial charge < -0.3 is 0 Å². The minimum atomic E-state index is -0.469. The second-order valence-corrected chi connectivity index (χ2v) is 10.5. The molecule has 162 valence electrons. The zero-order chi connectivity index (χ0) is 22.2. The van der Waals surface area contributed by atoms with Crippen LogP contribution in [0, 0.1) is 0 Å². The van der Waals surface area contributed by atoms with Gasteiger partial charge in [0.2, 0.25) is 0 Å². The number of rotatable bonds is 9. The SMILES string of the molecule is C[C@@H](c1ccccc1)N([C@@H](C)c1ccccc1)P(Cc1ccccc1)Cc1ccccc1. The number of hydrogen-bond acceptors (Lipinski definition) is 1. The zero-order valence-electron chi connectivity index (χ0n) is 19.0. The Kier molecular flexibility index (Phi) is 7.88. The molecule has 0 saturated carbocycles. The molecule has 0 aliphatic carbocycles. The van der Waals surface area contributed by atoms with Gasteiger partial charge in [0.05, 0.1) is 0 Å². The van der Waals surface area contributed by atoms with Gasteiger partial charge in [-0.1, -0.05) is 121 Å². The zero-order valence-corrected chi connectivity index (χ0v) is 19.9. The molecular weight excluding hydrogens is 405 g/mol. The van der Waals surface area contributed by atoms with Crippen LogP contribution >= 0.6 is 8.07 Å². The van der Waals surface area contributed by atoms with E-state index in [2.05, 4.69) is 140 Å². The molecule has 0 aliphatic rings.